The van der Waals surface area contributed by atoms with Crippen LogP contribution in [0.1, 0.15) is 114 Å². The van der Waals surface area contributed by atoms with Gasteiger partial charge in [0.2, 0.25) is 0 Å². The standard InChI is InChI=1S/C28H39O7PS.C14H14ClO3P.C14H26O4S/c1-28(2,27(31)26(30)18-10-16-25(29)17-11-19-37-3)22-35-36(32,33-20-23-12-6-4-7-13-23)34-21-24-14-8-5-9-15-24;15-19(16,17-11-13-7-3-1-4-8-13)18-12-14-9-5-2-6-10-14;1-14(2,10-15)13(18)12(17)8-4-6-11(16)7-5-9-19-3/h4-9,12-15,27,31H,10-11,16-22H2,1-3H3;1-10H,11-12H2;13,15,18H,4-10H2,1-3H3. The fraction of sp³-hybridized carbons (Fsp3) is 0.500. The lowest BCUT2D eigenvalue weighted by Gasteiger charge is -2.30. The molecule has 3 N–H and O–H groups in total. The smallest absolute Gasteiger partial charge is 0.396 e. The first-order valence-corrected chi connectivity index (χ1v) is 31.7. The molecule has 19 heteroatoms. The minimum absolute atomic E-state index is 0.0137. The summed E-state index contributed by atoms with van der Waals surface area (Å²) in [6.07, 6.45) is 6.16. The van der Waals surface area contributed by atoms with Crippen LogP contribution < -0.4 is 0 Å². The maximum absolute atomic E-state index is 13.5. The summed E-state index contributed by atoms with van der Waals surface area (Å²) >= 11 is 9.17. The second-order valence-electron chi connectivity index (χ2n) is 19.0. The molecular weight excluding hydrogens is 1060 g/mol. The van der Waals surface area contributed by atoms with E-state index in [1.165, 1.54) is 0 Å². The molecule has 4 aromatic carbocycles. The summed E-state index contributed by atoms with van der Waals surface area (Å²) < 4.78 is 52.5. The number of ketones is 4. The number of halogens is 1. The zero-order chi connectivity index (χ0) is 55.6. The Labute approximate surface area is 458 Å². The van der Waals surface area contributed by atoms with Gasteiger partial charge in [-0.25, -0.2) is 9.13 Å². The molecule has 416 valence electrons. The highest BCUT2D eigenvalue weighted by Crippen LogP contribution is 2.55. The Hall–Kier alpha value is -3.31. The van der Waals surface area contributed by atoms with Gasteiger partial charge in [0.05, 0.1) is 39.6 Å². The molecule has 0 radical (unpaired) electrons. The SMILES string of the molecule is CSCCCC(=O)CCCC(=O)C(O)C(C)(C)CO.CSCCCC(=O)CCCC(=O)C(O)C(C)(C)COP(=O)(OCc1ccccc1)OCc1ccccc1.O=P(Cl)(OCc1ccccc1)OCc1ccccc1. The van der Waals surface area contributed by atoms with E-state index in [0.29, 0.717) is 38.5 Å². The van der Waals surface area contributed by atoms with Crippen LogP contribution in [0, 0.1) is 10.8 Å². The van der Waals surface area contributed by atoms with Gasteiger partial charge in [-0.1, -0.05) is 149 Å². The molecule has 0 aliphatic carbocycles. The van der Waals surface area contributed by atoms with Gasteiger partial charge in [0.25, 0.3) is 0 Å². The monoisotopic (exact) mass is 1140 g/mol. The Morgan fingerprint density at radius 2 is 0.800 bits per heavy atom. The first kappa shape index (κ1) is 67.8. The van der Waals surface area contributed by atoms with Crippen molar-refractivity contribution >= 4 is 72.7 Å². The van der Waals surface area contributed by atoms with Crippen molar-refractivity contribution in [1.82, 2.24) is 0 Å². The summed E-state index contributed by atoms with van der Waals surface area (Å²) in [7, 11) is -4.03. The van der Waals surface area contributed by atoms with Crippen LogP contribution in [-0.2, 0) is 77.4 Å². The van der Waals surface area contributed by atoms with Crippen molar-refractivity contribution in [3.8, 4) is 0 Å². The highest BCUT2D eigenvalue weighted by Gasteiger charge is 2.38. The third-order valence-corrected chi connectivity index (χ3v) is 15.6. The number of hydrogen-bond donors (Lipinski definition) is 3. The molecule has 14 nitrogen and oxygen atoms in total. The average molecular weight is 1140 g/mol. The molecule has 0 saturated carbocycles. The fourth-order valence-electron chi connectivity index (χ4n) is 6.61. The fourth-order valence-corrected chi connectivity index (χ4v) is 9.78. The van der Waals surface area contributed by atoms with Crippen LogP contribution in [0.3, 0.4) is 0 Å². The van der Waals surface area contributed by atoms with E-state index in [-0.39, 0.29) is 75.6 Å². The number of rotatable bonds is 36. The minimum Gasteiger partial charge on any atom is -0.396 e. The molecule has 0 bridgehead atoms. The van der Waals surface area contributed by atoms with E-state index in [9.17, 15) is 38.5 Å². The molecule has 0 aliphatic rings. The molecule has 4 aromatic rings. The van der Waals surface area contributed by atoms with E-state index in [1.54, 1.807) is 51.2 Å². The van der Waals surface area contributed by atoms with Crippen molar-refractivity contribution in [1.29, 1.82) is 0 Å². The number of aliphatic hydroxyl groups excluding tert-OH is 3. The summed E-state index contributed by atoms with van der Waals surface area (Å²) in [6, 6.07) is 37.2. The maximum atomic E-state index is 13.5. The van der Waals surface area contributed by atoms with E-state index in [4.69, 9.17) is 39.0 Å². The van der Waals surface area contributed by atoms with Crippen molar-refractivity contribution in [3.63, 3.8) is 0 Å². The largest absolute Gasteiger partial charge is 0.475 e. The van der Waals surface area contributed by atoms with Crippen molar-refractivity contribution in [2.45, 2.75) is 131 Å². The third kappa shape index (κ3) is 30.4. The van der Waals surface area contributed by atoms with Gasteiger partial charge < -0.3 is 15.3 Å². The van der Waals surface area contributed by atoms with Crippen LogP contribution in [0.15, 0.2) is 121 Å². The number of phosphoric acid groups is 1. The van der Waals surface area contributed by atoms with Gasteiger partial charge in [0.15, 0.2) is 11.6 Å². The summed E-state index contributed by atoms with van der Waals surface area (Å²) in [5, 5.41) is 29.6. The molecule has 0 fully saturated rings. The molecule has 4 rings (SSSR count). The highest BCUT2D eigenvalue weighted by atomic mass is 35.7. The molecule has 2 atom stereocenters. The van der Waals surface area contributed by atoms with Crippen LogP contribution >= 0.6 is 49.5 Å². The quantitative estimate of drug-likeness (QED) is 0.0286. The second kappa shape index (κ2) is 37.5. The van der Waals surface area contributed by atoms with Gasteiger partial charge in [0.1, 0.15) is 23.8 Å². The van der Waals surface area contributed by atoms with Crippen molar-refractivity contribution < 1.29 is 66.2 Å². The van der Waals surface area contributed by atoms with E-state index >= 15 is 0 Å². The van der Waals surface area contributed by atoms with Crippen molar-refractivity contribution in [2.75, 3.05) is 37.2 Å². The van der Waals surface area contributed by atoms with Crippen LogP contribution in [0.2, 0.25) is 0 Å². The Bertz CT molecular complexity index is 2220. The predicted molar refractivity (Wildman–Crippen MR) is 302 cm³/mol. The van der Waals surface area contributed by atoms with Gasteiger partial charge in [-0.15, -0.1) is 0 Å². The Morgan fingerprint density at radius 3 is 1.12 bits per heavy atom. The van der Waals surface area contributed by atoms with Crippen molar-refractivity contribution in [2.24, 2.45) is 10.8 Å². The van der Waals surface area contributed by atoms with E-state index in [2.05, 4.69) is 0 Å². The topological polar surface area (TPSA) is 209 Å². The summed E-state index contributed by atoms with van der Waals surface area (Å²) in [4.78, 5) is 47.8. The lowest BCUT2D eigenvalue weighted by molar-refractivity contribution is -0.135. The number of thioether (sulfide) groups is 2. The number of carbonyl (C=O) groups excluding carboxylic acids is 4. The molecule has 0 amide bonds. The molecule has 0 heterocycles. The van der Waals surface area contributed by atoms with E-state index in [0.717, 1.165) is 46.6 Å². The average Bonchev–Trinajstić information content (AvgIpc) is 3.41. The second-order valence-corrected chi connectivity index (χ2v) is 25.3. The number of aliphatic hydroxyl groups is 3. The molecule has 2 unspecified atom stereocenters. The normalized spacial score (nSPS) is 12.6. The number of hydrogen-bond acceptors (Lipinski definition) is 16. The zero-order valence-electron chi connectivity index (χ0n) is 44.4. The van der Waals surface area contributed by atoms with E-state index in [1.807, 2.05) is 134 Å². The number of phosphoric ester groups is 1. The Morgan fingerprint density at radius 1 is 0.493 bits per heavy atom. The lowest BCUT2D eigenvalue weighted by Crippen LogP contribution is -2.39. The Kier molecular flexibility index (Phi) is 33.9. The molecule has 75 heavy (non-hydrogen) atoms. The minimum atomic E-state index is -4.03. The maximum Gasteiger partial charge on any atom is 0.475 e. The molecule has 0 aromatic heterocycles. The first-order valence-electron chi connectivity index (χ1n) is 25.0. The first-order chi connectivity index (χ1) is 35.7. The number of carbonyl (C=O) groups is 4. The van der Waals surface area contributed by atoms with Crippen LogP contribution in [-0.4, -0.2) is 87.9 Å². The molecule has 0 spiro atoms. The van der Waals surface area contributed by atoms with Gasteiger partial charge >= 0.3 is 14.8 Å². The van der Waals surface area contributed by atoms with Crippen molar-refractivity contribution in [3.05, 3.63) is 144 Å². The summed E-state index contributed by atoms with van der Waals surface area (Å²) in [5.41, 5.74) is 1.51. The zero-order valence-corrected chi connectivity index (χ0v) is 48.5. The molecule has 0 aliphatic heterocycles. The lowest BCUT2D eigenvalue weighted by atomic mass is 9.84. The van der Waals surface area contributed by atoms with Crippen LogP contribution in [0.25, 0.3) is 0 Å². The highest BCUT2D eigenvalue weighted by molar-refractivity contribution is 7.98. The number of benzene rings is 4. The molecular formula is C56H79ClO14P2S2. The third-order valence-electron chi connectivity index (χ3n) is 11.4. The van der Waals surface area contributed by atoms with Crippen LogP contribution in [0.5, 0.6) is 0 Å². The van der Waals surface area contributed by atoms with Gasteiger partial charge in [-0.05, 0) is 72.0 Å². The Balaban J connectivity index is 0.000000425. The van der Waals surface area contributed by atoms with Gasteiger partial charge in [0, 0.05) is 60.6 Å². The summed E-state index contributed by atoms with van der Waals surface area (Å²) in [6.45, 7) is 2.93. The van der Waals surface area contributed by atoms with Crippen LogP contribution in [0.4, 0.5) is 0 Å². The van der Waals surface area contributed by atoms with E-state index < -0.39 is 37.8 Å². The number of Topliss-reactive ketones (excluding diaryl/α,β-unsaturated/α-hetero) is 4. The van der Waals surface area contributed by atoms with Gasteiger partial charge in [-0.2, -0.15) is 23.5 Å². The van der Waals surface area contributed by atoms with Gasteiger partial charge in [-0.3, -0.25) is 41.8 Å². The predicted octanol–water partition coefficient (Wildman–Crippen LogP) is 13.0. The summed E-state index contributed by atoms with van der Waals surface area (Å²) in [5.74, 6) is 1.55. The molecule has 0 saturated heterocycles.